The highest BCUT2D eigenvalue weighted by Gasteiger charge is 2.50. The van der Waals surface area contributed by atoms with Crippen LogP contribution >= 0.6 is 0 Å². The lowest BCUT2D eigenvalue weighted by Gasteiger charge is -2.22. The number of Topliss-reactive ketones (excluding diaryl/α,β-unsaturated/α-hetero) is 1. The van der Waals surface area contributed by atoms with Crippen LogP contribution in [0.3, 0.4) is 0 Å². The Kier molecular flexibility index (Phi) is 7.02. The zero-order valence-electron chi connectivity index (χ0n) is 23.6. The molecule has 3 aromatic carbocycles. The van der Waals surface area contributed by atoms with Crippen molar-refractivity contribution in [3.05, 3.63) is 108 Å². The molecule has 4 unspecified atom stereocenters. The largest absolute Gasteiger partial charge is 0.451 e. The van der Waals surface area contributed by atoms with Crippen LogP contribution in [0, 0.1) is 24.7 Å². The number of imide groups is 1. The second-order valence-electron chi connectivity index (χ2n) is 11.1. The number of benzene rings is 3. The molecule has 6 rings (SSSR count). The minimum absolute atomic E-state index is 0.0128. The molecule has 0 saturated carbocycles. The highest BCUT2D eigenvalue weighted by Crippen LogP contribution is 2.40. The van der Waals surface area contributed by atoms with Crippen molar-refractivity contribution in [2.45, 2.75) is 33.3 Å². The molecule has 7 nitrogen and oxygen atoms in total. The van der Waals surface area contributed by atoms with Crippen molar-refractivity contribution >= 4 is 40.2 Å². The monoisotopic (exact) mass is 558 g/mol. The van der Waals surface area contributed by atoms with Gasteiger partial charge in [0.1, 0.15) is 0 Å². The van der Waals surface area contributed by atoms with E-state index in [9.17, 15) is 19.2 Å². The molecule has 210 valence electrons. The fourth-order valence-electron chi connectivity index (χ4n) is 5.95. The predicted molar refractivity (Wildman–Crippen MR) is 160 cm³/mol. The van der Waals surface area contributed by atoms with E-state index in [1.807, 2.05) is 50.3 Å². The molecular weight excluding hydrogens is 528 g/mol. The van der Waals surface area contributed by atoms with Gasteiger partial charge in [0.25, 0.3) is 0 Å². The minimum atomic E-state index is -0.979. The quantitative estimate of drug-likeness (QED) is 0.119. The zero-order chi connectivity index (χ0) is 29.5. The number of nitrogens with zero attached hydrogens (tertiary/aromatic N) is 2. The third-order valence-corrected chi connectivity index (χ3v) is 8.19. The van der Waals surface area contributed by atoms with E-state index in [1.165, 1.54) is 4.90 Å². The molecule has 1 saturated heterocycles. The number of esters is 1. The molecule has 4 aromatic rings. The lowest BCUT2D eigenvalue weighted by molar-refractivity contribution is -0.122. The summed E-state index contributed by atoms with van der Waals surface area (Å²) in [6, 6.07) is 23.1. The number of ketones is 1. The number of anilines is 1. The van der Waals surface area contributed by atoms with Crippen LogP contribution in [0.1, 0.15) is 46.5 Å². The summed E-state index contributed by atoms with van der Waals surface area (Å²) in [5.41, 5.74) is 4.06. The van der Waals surface area contributed by atoms with Gasteiger partial charge in [0.05, 0.1) is 34.3 Å². The lowest BCUT2D eigenvalue weighted by Crippen LogP contribution is -2.31. The van der Waals surface area contributed by atoms with Crippen LogP contribution < -0.4 is 4.90 Å². The smallest absolute Gasteiger partial charge is 0.339 e. The van der Waals surface area contributed by atoms with Gasteiger partial charge < -0.3 is 4.74 Å². The van der Waals surface area contributed by atoms with Crippen molar-refractivity contribution in [2.75, 3.05) is 4.90 Å². The Morgan fingerprint density at radius 2 is 1.69 bits per heavy atom. The van der Waals surface area contributed by atoms with E-state index in [-0.39, 0.29) is 35.4 Å². The van der Waals surface area contributed by atoms with Crippen molar-refractivity contribution in [3.63, 3.8) is 0 Å². The van der Waals surface area contributed by atoms with Gasteiger partial charge in [-0.25, -0.2) is 9.78 Å². The second-order valence-corrected chi connectivity index (χ2v) is 11.1. The Morgan fingerprint density at radius 1 is 0.952 bits per heavy atom. The van der Waals surface area contributed by atoms with E-state index in [2.05, 4.69) is 0 Å². The van der Waals surface area contributed by atoms with E-state index in [1.54, 1.807) is 61.5 Å². The number of aromatic nitrogens is 1. The van der Waals surface area contributed by atoms with E-state index in [0.717, 1.165) is 5.56 Å². The lowest BCUT2D eigenvalue weighted by atomic mass is 9.78. The summed E-state index contributed by atoms with van der Waals surface area (Å²) in [5.74, 6) is -1.90. The third-order valence-electron chi connectivity index (χ3n) is 8.19. The average Bonchev–Trinajstić information content (AvgIpc) is 3.26. The van der Waals surface area contributed by atoms with Gasteiger partial charge in [-0.3, -0.25) is 19.3 Å². The number of amides is 2. The van der Waals surface area contributed by atoms with Crippen LogP contribution in [0.25, 0.3) is 22.2 Å². The first-order valence-electron chi connectivity index (χ1n) is 14.1. The molecule has 2 amide bonds. The number of pyridine rings is 1. The van der Waals surface area contributed by atoms with Gasteiger partial charge in [0.2, 0.25) is 17.6 Å². The normalized spacial score (nSPS) is 20.5. The van der Waals surface area contributed by atoms with Crippen LogP contribution in [-0.2, 0) is 14.3 Å². The average molecular weight is 559 g/mol. The maximum absolute atomic E-state index is 13.5. The van der Waals surface area contributed by atoms with Crippen molar-refractivity contribution in [3.8, 4) is 11.3 Å². The molecular formula is C35H30N2O5. The number of rotatable bonds is 6. The number of ether oxygens (including phenoxy) is 1. The van der Waals surface area contributed by atoms with E-state index in [4.69, 9.17) is 9.72 Å². The summed E-state index contributed by atoms with van der Waals surface area (Å²) in [4.78, 5) is 58.8. The number of fused-ring (bicyclic) bond motifs is 2. The van der Waals surface area contributed by atoms with Crippen LogP contribution in [0.2, 0.25) is 0 Å². The Hall–Kier alpha value is -4.91. The predicted octanol–water partition coefficient (Wildman–Crippen LogP) is 6.34. The summed E-state index contributed by atoms with van der Waals surface area (Å²) >= 11 is 0. The van der Waals surface area contributed by atoms with Crippen LogP contribution in [-0.4, -0.2) is 34.7 Å². The summed E-state index contributed by atoms with van der Waals surface area (Å²) < 4.78 is 5.65. The molecule has 0 radical (unpaired) electrons. The topological polar surface area (TPSA) is 93.6 Å². The summed E-state index contributed by atoms with van der Waals surface area (Å²) in [6.07, 6.45) is 3.58. The van der Waals surface area contributed by atoms with E-state index >= 15 is 0 Å². The van der Waals surface area contributed by atoms with Gasteiger partial charge in [-0.15, -0.1) is 0 Å². The van der Waals surface area contributed by atoms with Gasteiger partial charge in [-0.05, 0) is 56.5 Å². The molecule has 1 aromatic heterocycles. The molecule has 0 N–H and O–H groups in total. The number of hydrogen-bond acceptors (Lipinski definition) is 6. The standard InChI is InChI=1S/C35H30N2O5/c1-20-12-17-29-27(18-20)28(35(41)42-22(3)32(38)24-9-5-4-6-10-24)19-30(36-29)23-13-15-25(16-14-23)37-33(39)26-11-7-8-21(2)31(26)34(37)40/h4-10,12-19,21-22,26,31H,11H2,1-3H3. The van der Waals surface area contributed by atoms with Crippen LogP contribution in [0.15, 0.2) is 91.0 Å². The summed E-state index contributed by atoms with van der Waals surface area (Å²) in [7, 11) is 0. The molecule has 0 bridgehead atoms. The number of carbonyl (C=O) groups excluding carboxylic acids is 4. The SMILES string of the molecule is Cc1ccc2nc(-c3ccc(N4C(=O)C5CC=CC(C)C5C4=O)cc3)cc(C(=O)OC(C)C(=O)c3ccccc3)c2c1. The van der Waals surface area contributed by atoms with Gasteiger partial charge in [-0.1, -0.05) is 73.2 Å². The molecule has 1 aliphatic carbocycles. The van der Waals surface area contributed by atoms with Crippen molar-refractivity contribution in [1.82, 2.24) is 4.98 Å². The summed E-state index contributed by atoms with van der Waals surface area (Å²) in [6.45, 7) is 5.46. The van der Waals surface area contributed by atoms with Crippen LogP contribution in [0.5, 0.6) is 0 Å². The molecule has 2 aliphatic rings. The van der Waals surface area contributed by atoms with E-state index in [0.29, 0.717) is 45.4 Å². The molecule has 42 heavy (non-hydrogen) atoms. The Morgan fingerprint density at radius 3 is 2.40 bits per heavy atom. The van der Waals surface area contributed by atoms with E-state index < -0.39 is 12.1 Å². The van der Waals surface area contributed by atoms with Crippen molar-refractivity contribution < 1.29 is 23.9 Å². The highest BCUT2D eigenvalue weighted by atomic mass is 16.5. The molecule has 1 fully saturated rings. The van der Waals surface area contributed by atoms with Gasteiger partial charge in [0, 0.05) is 16.5 Å². The number of aryl methyl sites for hydroxylation is 1. The highest BCUT2D eigenvalue weighted by molar-refractivity contribution is 6.22. The fourth-order valence-corrected chi connectivity index (χ4v) is 5.95. The molecule has 1 aliphatic heterocycles. The molecule has 2 heterocycles. The Labute approximate surface area is 243 Å². The van der Waals surface area contributed by atoms with Gasteiger partial charge in [-0.2, -0.15) is 0 Å². The Bertz CT molecular complexity index is 1760. The first-order valence-corrected chi connectivity index (χ1v) is 14.1. The molecule has 0 spiro atoms. The van der Waals surface area contributed by atoms with Crippen molar-refractivity contribution in [2.24, 2.45) is 17.8 Å². The summed E-state index contributed by atoms with van der Waals surface area (Å²) in [5, 5.41) is 0.623. The molecule has 7 heteroatoms. The van der Waals surface area contributed by atoms with Crippen molar-refractivity contribution in [1.29, 1.82) is 0 Å². The van der Waals surface area contributed by atoms with Crippen LogP contribution in [0.4, 0.5) is 5.69 Å². The van der Waals surface area contributed by atoms with Gasteiger partial charge >= 0.3 is 5.97 Å². The maximum Gasteiger partial charge on any atom is 0.339 e. The first-order chi connectivity index (χ1) is 20.2. The number of hydrogen-bond donors (Lipinski definition) is 0. The zero-order valence-corrected chi connectivity index (χ0v) is 23.6. The second kappa shape index (κ2) is 10.8. The maximum atomic E-state index is 13.5. The fraction of sp³-hybridized carbons (Fsp3) is 0.229. The number of allylic oxidation sites excluding steroid dienone is 2. The van der Waals surface area contributed by atoms with Gasteiger partial charge in [0.15, 0.2) is 6.10 Å². The first kappa shape index (κ1) is 27.3. The molecule has 4 atom stereocenters. The third kappa shape index (κ3) is 4.81. The Balaban J connectivity index is 1.31. The number of carbonyl (C=O) groups is 4. The minimum Gasteiger partial charge on any atom is -0.451 e.